The summed E-state index contributed by atoms with van der Waals surface area (Å²) in [5, 5.41) is 8.75. The smallest absolute Gasteiger partial charge is 0.323 e. The van der Waals surface area contributed by atoms with Gasteiger partial charge in [0.25, 0.3) is 5.91 Å². The molecule has 1 N–H and O–H groups in total. The molecule has 5 heteroatoms. The number of rotatable bonds is 4. The van der Waals surface area contributed by atoms with Crippen molar-refractivity contribution >= 4 is 11.9 Å². The third-order valence-electron chi connectivity index (χ3n) is 2.35. The number of hydrogen-bond acceptors (Lipinski definition) is 2. The van der Waals surface area contributed by atoms with Gasteiger partial charge in [-0.2, -0.15) is 0 Å². The monoisotopic (exact) mass is 224 g/mol. The van der Waals surface area contributed by atoms with E-state index in [2.05, 4.69) is 0 Å². The van der Waals surface area contributed by atoms with Gasteiger partial charge in [0, 0.05) is 19.3 Å². The van der Waals surface area contributed by atoms with Crippen molar-refractivity contribution in [2.75, 3.05) is 6.54 Å². The molecule has 0 aromatic carbocycles. The SMILES string of the molecule is CC(C)N(CC(=O)O)C(=O)c1cccn1C. The van der Waals surface area contributed by atoms with Crippen LogP contribution >= 0.6 is 0 Å². The maximum absolute atomic E-state index is 12.0. The lowest BCUT2D eigenvalue weighted by Gasteiger charge is -2.24. The molecule has 0 saturated carbocycles. The van der Waals surface area contributed by atoms with Crippen LogP contribution in [0.3, 0.4) is 0 Å². The fraction of sp³-hybridized carbons (Fsp3) is 0.455. The third-order valence-corrected chi connectivity index (χ3v) is 2.35. The zero-order chi connectivity index (χ0) is 12.3. The van der Waals surface area contributed by atoms with E-state index in [-0.39, 0.29) is 18.5 Å². The lowest BCUT2D eigenvalue weighted by atomic mass is 10.2. The van der Waals surface area contributed by atoms with E-state index in [4.69, 9.17) is 5.11 Å². The predicted molar refractivity (Wildman–Crippen MR) is 59.2 cm³/mol. The Kier molecular flexibility index (Phi) is 3.71. The van der Waals surface area contributed by atoms with Crippen LogP contribution in [-0.2, 0) is 11.8 Å². The summed E-state index contributed by atoms with van der Waals surface area (Å²) in [6, 6.07) is 3.30. The summed E-state index contributed by atoms with van der Waals surface area (Å²) >= 11 is 0. The van der Waals surface area contributed by atoms with Crippen molar-refractivity contribution in [1.82, 2.24) is 9.47 Å². The number of aromatic nitrogens is 1. The first-order chi connectivity index (χ1) is 7.43. The predicted octanol–water partition coefficient (Wildman–Crippen LogP) is 0.960. The van der Waals surface area contributed by atoms with Crippen LogP contribution in [0.1, 0.15) is 24.3 Å². The molecule has 0 unspecified atom stereocenters. The largest absolute Gasteiger partial charge is 0.480 e. The Morgan fingerprint density at radius 3 is 2.50 bits per heavy atom. The van der Waals surface area contributed by atoms with E-state index in [9.17, 15) is 9.59 Å². The van der Waals surface area contributed by atoms with Gasteiger partial charge < -0.3 is 14.6 Å². The van der Waals surface area contributed by atoms with Crippen molar-refractivity contribution in [3.63, 3.8) is 0 Å². The first-order valence-electron chi connectivity index (χ1n) is 5.07. The summed E-state index contributed by atoms with van der Waals surface area (Å²) in [5.74, 6) is -1.26. The fourth-order valence-corrected chi connectivity index (χ4v) is 1.47. The van der Waals surface area contributed by atoms with Gasteiger partial charge in [-0.15, -0.1) is 0 Å². The third kappa shape index (κ3) is 2.62. The van der Waals surface area contributed by atoms with Gasteiger partial charge in [0.2, 0.25) is 0 Å². The van der Waals surface area contributed by atoms with Crippen LogP contribution < -0.4 is 0 Å². The molecule has 0 saturated heterocycles. The normalized spacial score (nSPS) is 10.5. The molecule has 0 spiro atoms. The molecule has 1 rings (SSSR count). The van der Waals surface area contributed by atoms with Crippen molar-refractivity contribution in [3.05, 3.63) is 24.0 Å². The molecule has 88 valence electrons. The summed E-state index contributed by atoms with van der Waals surface area (Å²) in [6.45, 7) is 3.31. The minimum Gasteiger partial charge on any atom is -0.480 e. The number of carboxylic acids is 1. The Morgan fingerprint density at radius 2 is 2.12 bits per heavy atom. The second-order valence-electron chi connectivity index (χ2n) is 3.92. The van der Waals surface area contributed by atoms with Crippen molar-refractivity contribution in [1.29, 1.82) is 0 Å². The molecular weight excluding hydrogens is 208 g/mol. The number of aliphatic carboxylic acids is 1. The Hall–Kier alpha value is -1.78. The Bertz CT molecular complexity index is 396. The van der Waals surface area contributed by atoms with E-state index >= 15 is 0 Å². The lowest BCUT2D eigenvalue weighted by Crippen LogP contribution is -2.41. The van der Waals surface area contributed by atoms with Crippen LogP contribution in [0.25, 0.3) is 0 Å². The first kappa shape index (κ1) is 12.3. The molecule has 0 aliphatic rings. The minimum absolute atomic E-state index is 0.140. The summed E-state index contributed by atoms with van der Waals surface area (Å²) in [4.78, 5) is 24.0. The second kappa shape index (κ2) is 4.83. The molecule has 1 heterocycles. The fourth-order valence-electron chi connectivity index (χ4n) is 1.47. The number of hydrogen-bond donors (Lipinski definition) is 1. The number of amides is 1. The van der Waals surface area contributed by atoms with Crippen LogP contribution in [0.2, 0.25) is 0 Å². The highest BCUT2D eigenvalue weighted by molar-refractivity contribution is 5.94. The van der Waals surface area contributed by atoms with Gasteiger partial charge in [0.15, 0.2) is 0 Å². The van der Waals surface area contributed by atoms with Crippen molar-refractivity contribution in [3.8, 4) is 0 Å². The molecule has 0 aliphatic carbocycles. The average molecular weight is 224 g/mol. The highest BCUT2D eigenvalue weighted by atomic mass is 16.4. The van der Waals surface area contributed by atoms with Gasteiger partial charge >= 0.3 is 5.97 Å². The molecule has 1 amide bonds. The van der Waals surface area contributed by atoms with E-state index in [1.807, 2.05) is 0 Å². The van der Waals surface area contributed by atoms with E-state index in [0.29, 0.717) is 5.69 Å². The molecule has 0 atom stereocenters. The molecular formula is C11H16N2O3. The van der Waals surface area contributed by atoms with Gasteiger partial charge in [-0.3, -0.25) is 9.59 Å². The number of carbonyl (C=O) groups is 2. The van der Waals surface area contributed by atoms with Gasteiger partial charge in [-0.1, -0.05) is 0 Å². The van der Waals surface area contributed by atoms with E-state index < -0.39 is 5.97 Å². The summed E-state index contributed by atoms with van der Waals surface area (Å²) in [5.41, 5.74) is 0.495. The Balaban J connectivity index is 2.92. The van der Waals surface area contributed by atoms with Gasteiger partial charge in [0.1, 0.15) is 12.2 Å². The lowest BCUT2D eigenvalue weighted by molar-refractivity contribution is -0.138. The van der Waals surface area contributed by atoms with Crippen molar-refractivity contribution in [2.24, 2.45) is 7.05 Å². The van der Waals surface area contributed by atoms with Crippen molar-refractivity contribution in [2.45, 2.75) is 19.9 Å². The average Bonchev–Trinajstić information content (AvgIpc) is 2.59. The van der Waals surface area contributed by atoms with Gasteiger partial charge in [-0.05, 0) is 26.0 Å². The van der Waals surface area contributed by atoms with Crippen LogP contribution in [0.15, 0.2) is 18.3 Å². The molecule has 1 aromatic rings. The molecule has 1 aromatic heterocycles. The van der Waals surface area contributed by atoms with E-state index in [0.717, 1.165) is 0 Å². The number of aryl methyl sites for hydroxylation is 1. The molecule has 5 nitrogen and oxygen atoms in total. The summed E-state index contributed by atoms with van der Waals surface area (Å²) in [6.07, 6.45) is 1.76. The molecule has 0 aliphatic heterocycles. The van der Waals surface area contributed by atoms with Gasteiger partial charge in [-0.25, -0.2) is 0 Å². The number of carbonyl (C=O) groups excluding carboxylic acids is 1. The first-order valence-corrected chi connectivity index (χ1v) is 5.07. The Labute approximate surface area is 94.3 Å². The maximum atomic E-state index is 12.0. The van der Waals surface area contributed by atoms with Crippen molar-refractivity contribution < 1.29 is 14.7 Å². The van der Waals surface area contributed by atoms with Crippen LogP contribution in [-0.4, -0.2) is 39.0 Å². The summed E-state index contributed by atoms with van der Waals surface area (Å²) < 4.78 is 1.68. The minimum atomic E-state index is -1.00. The summed E-state index contributed by atoms with van der Waals surface area (Å²) in [7, 11) is 1.76. The van der Waals surface area contributed by atoms with E-state index in [1.165, 1.54) is 4.90 Å². The highest BCUT2D eigenvalue weighted by Crippen LogP contribution is 2.08. The topological polar surface area (TPSA) is 62.5 Å². The molecule has 0 fully saturated rings. The molecule has 0 radical (unpaired) electrons. The highest BCUT2D eigenvalue weighted by Gasteiger charge is 2.22. The van der Waals surface area contributed by atoms with Crippen LogP contribution in [0.5, 0.6) is 0 Å². The number of nitrogens with zero attached hydrogens (tertiary/aromatic N) is 2. The number of carboxylic acid groups (broad SMARTS) is 1. The Morgan fingerprint density at radius 1 is 1.50 bits per heavy atom. The quantitative estimate of drug-likeness (QED) is 0.828. The molecule has 0 bridgehead atoms. The zero-order valence-electron chi connectivity index (χ0n) is 9.67. The van der Waals surface area contributed by atoms with E-state index in [1.54, 1.807) is 43.8 Å². The van der Waals surface area contributed by atoms with Crippen LogP contribution in [0.4, 0.5) is 0 Å². The second-order valence-corrected chi connectivity index (χ2v) is 3.92. The van der Waals surface area contributed by atoms with Gasteiger partial charge in [0.05, 0.1) is 0 Å². The zero-order valence-corrected chi connectivity index (χ0v) is 9.67. The standard InChI is InChI=1S/C11H16N2O3/c1-8(2)13(7-10(14)15)11(16)9-5-4-6-12(9)3/h4-6,8H,7H2,1-3H3,(H,14,15). The molecule has 16 heavy (non-hydrogen) atoms. The maximum Gasteiger partial charge on any atom is 0.323 e. The van der Waals surface area contributed by atoms with Crippen LogP contribution in [0, 0.1) is 0 Å².